The summed E-state index contributed by atoms with van der Waals surface area (Å²) in [7, 11) is 1.69. The Kier molecular flexibility index (Phi) is 5.31. The van der Waals surface area contributed by atoms with E-state index in [1.54, 1.807) is 25.1 Å². The average molecular weight is 291 g/mol. The number of ether oxygens (including phenoxy) is 2. The number of aryl methyl sites for hydroxylation is 2. The summed E-state index contributed by atoms with van der Waals surface area (Å²) in [5.41, 5.74) is 1.73. The van der Waals surface area contributed by atoms with E-state index in [9.17, 15) is 0 Å². The Bertz CT molecular complexity index is 578. The lowest BCUT2D eigenvalue weighted by molar-refractivity contribution is 0.218. The fraction of sp³-hybridized carbons (Fsp3) is 0.357. The molecule has 0 amide bonds. The largest absolute Gasteiger partial charge is 0.437 e. The molecule has 0 bridgehead atoms. The maximum Gasteiger partial charge on any atom is 0.225 e. The molecule has 6 heteroatoms. The number of aromatic nitrogens is 3. The van der Waals surface area contributed by atoms with E-state index in [4.69, 9.17) is 9.47 Å². The lowest BCUT2D eigenvalue weighted by atomic mass is 10.3. The summed E-state index contributed by atoms with van der Waals surface area (Å²) < 4.78 is 10.8. The SMILES string of the molecule is COCCSc1ccc(Oc2ncncc2C)c(C)n1. The number of nitrogens with zero attached hydrogens (tertiary/aromatic N) is 3. The number of hydrogen-bond donors (Lipinski definition) is 0. The molecule has 0 aliphatic rings. The van der Waals surface area contributed by atoms with Crippen LogP contribution in [0.4, 0.5) is 0 Å². The fourth-order valence-electron chi connectivity index (χ4n) is 1.54. The Hall–Kier alpha value is -1.66. The average Bonchev–Trinajstić information content (AvgIpc) is 2.44. The Morgan fingerprint density at radius 1 is 1.25 bits per heavy atom. The van der Waals surface area contributed by atoms with E-state index in [0.717, 1.165) is 22.0 Å². The Morgan fingerprint density at radius 2 is 2.10 bits per heavy atom. The first-order chi connectivity index (χ1) is 9.70. The quantitative estimate of drug-likeness (QED) is 0.602. The lowest BCUT2D eigenvalue weighted by Gasteiger charge is -2.10. The van der Waals surface area contributed by atoms with E-state index in [1.165, 1.54) is 6.33 Å². The molecule has 0 aliphatic carbocycles. The van der Waals surface area contributed by atoms with Crippen LogP contribution in [0.3, 0.4) is 0 Å². The number of hydrogen-bond acceptors (Lipinski definition) is 6. The predicted molar refractivity (Wildman–Crippen MR) is 78.4 cm³/mol. The van der Waals surface area contributed by atoms with Crippen LogP contribution in [0.15, 0.2) is 29.7 Å². The van der Waals surface area contributed by atoms with Crippen molar-refractivity contribution in [2.45, 2.75) is 18.9 Å². The normalized spacial score (nSPS) is 10.6. The van der Waals surface area contributed by atoms with Crippen LogP contribution in [-0.4, -0.2) is 34.4 Å². The molecule has 0 aromatic carbocycles. The van der Waals surface area contributed by atoms with Gasteiger partial charge in [-0.05, 0) is 26.0 Å². The van der Waals surface area contributed by atoms with Gasteiger partial charge in [-0.3, -0.25) is 0 Å². The highest BCUT2D eigenvalue weighted by Crippen LogP contribution is 2.26. The lowest BCUT2D eigenvalue weighted by Crippen LogP contribution is -1.97. The van der Waals surface area contributed by atoms with Crippen molar-refractivity contribution < 1.29 is 9.47 Å². The van der Waals surface area contributed by atoms with Gasteiger partial charge in [-0.25, -0.2) is 15.0 Å². The van der Waals surface area contributed by atoms with Crippen LogP contribution in [0.2, 0.25) is 0 Å². The van der Waals surface area contributed by atoms with Crippen LogP contribution in [0.1, 0.15) is 11.3 Å². The zero-order valence-electron chi connectivity index (χ0n) is 11.8. The van der Waals surface area contributed by atoms with Crippen LogP contribution in [0.5, 0.6) is 11.6 Å². The highest BCUT2D eigenvalue weighted by atomic mass is 32.2. The predicted octanol–water partition coefficient (Wildman–Crippen LogP) is 3.02. The first kappa shape index (κ1) is 14.7. The van der Waals surface area contributed by atoms with Crippen molar-refractivity contribution in [3.63, 3.8) is 0 Å². The molecule has 20 heavy (non-hydrogen) atoms. The van der Waals surface area contributed by atoms with Gasteiger partial charge >= 0.3 is 0 Å². The van der Waals surface area contributed by atoms with Crippen LogP contribution in [-0.2, 0) is 4.74 Å². The molecule has 5 nitrogen and oxygen atoms in total. The van der Waals surface area contributed by atoms with E-state index in [2.05, 4.69) is 15.0 Å². The van der Waals surface area contributed by atoms with Gasteiger partial charge in [-0.15, -0.1) is 11.8 Å². The third-order valence-electron chi connectivity index (χ3n) is 2.60. The van der Waals surface area contributed by atoms with Gasteiger partial charge in [0.2, 0.25) is 5.88 Å². The minimum atomic E-state index is 0.560. The van der Waals surface area contributed by atoms with Gasteiger partial charge < -0.3 is 9.47 Å². The maximum absolute atomic E-state index is 5.77. The van der Waals surface area contributed by atoms with Crippen molar-refractivity contribution in [2.24, 2.45) is 0 Å². The summed E-state index contributed by atoms with van der Waals surface area (Å²) in [6, 6.07) is 3.86. The van der Waals surface area contributed by atoms with E-state index < -0.39 is 0 Å². The molecule has 0 aliphatic heterocycles. The third-order valence-corrected chi connectivity index (χ3v) is 3.50. The minimum absolute atomic E-state index is 0.560. The fourth-order valence-corrected chi connectivity index (χ4v) is 2.37. The monoisotopic (exact) mass is 291 g/mol. The smallest absolute Gasteiger partial charge is 0.225 e. The molecular weight excluding hydrogens is 274 g/mol. The van der Waals surface area contributed by atoms with Gasteiger partial charge in [-0.1, -0.05) is 0 Å². The van der Waals surface area contributed by atoms with Crippen LogP contribution >= 0.6 is 11.8 Å². The Labute approximate surface area is 122 Å². The molecule has 0 spiro atoms. The van der Waals surface area contributed by atoms with E-state index in [-0.39, 0.29) is 0 Å². The van der Waals surface area contributed by atoms with Crippen molar-refractivity contribution in [3.05, 3.63) is 35.9 Å². The third kappa shape index (κ3) is 3.91. The highest BCUT2D eigenvalue weighted by molar-refractivity contribution is 7.99. The Morgan fingerprint density at radius 3 is 2.80 bits per heavy atom. The maximum atomic E-state index is 5.77. The van der Waals surface area contributed by atoms with Crippen LogP contribution in [0, 0.1) is 13.8 Å². The molecule has 0 saturated carbocycles. The molecule has 0 atom stereocenters. The van der Waals surface area contributed by atoms with Gasteiger partial charge in [0, 0.05) is 24.6 Å². The second-order valence-electron chi connectivity index (χ2n) is 4.19. The van der Waals surface area contributed by atoms with Crippen molar-refractivity contribution in [1.82, 2.24) is 15.0 Å². The molecular formula is C14H17N3O2S. The molecule has 0 radical (unpaired) electrons. The summed E-state index contributed by atoms with van der Waals surface area (Å²) in [5.74, 6) is 2.15. The summed E-state index contributed by atoms with van der Waals surface area (Å²) in [6.07, 6.45) is 3.19. The summed E-state index contributed by atoms with van der Waals surface area (Å²) in [4.78, 5) is 12.6. The molecule has 0 N–H and O–H groups in total. The molecule has 0 fully saturated rings. The minimum Gasteiger partial charge on any atom is -0.437 e. The number of rotatable bonds is 6. The zero-order valence-corrected chi connectivity index (χ0v) is 12.6. The van der Waals surface area contributed by atoms with Crippen molar-refractivity contribution in [3.8, 4) is 11.6 Å². The molecule has 2 aromatic rings. The first-order valence-electron chi connectivity index (χ1n) is 6.24. The van der Waals surface area contributed by atoms with Gasteiger partial charge in [0.1, 0.15) is 6.33 Å². The summed E-state index contributed by atoms with van der Waals surface area (Å²) in [6.45, 7) is 4.54. The second kappa shape index (κ2) is 7.21. The van der Waals surface area contributed by atoms with Gasteiger partial charge in [0.15, 0.2) is 5.75 Å². The van der Waals surface area contributed by atoms with E-state index in [0.29, 0.717) is 18.2 Å². The number of methoxy groups -OCH3 is 1. The van der Waals surface area contributed by atoms with Crippen molar-refractivity contribution in [2.75, 3.05) is 19.5 Å². The molecule has 0 saturated heterocycles. The number of thioether (sulfide) groups is 1. The van der Waals surface area contributed by atoms with E-state index >= 15 is 0 Å². The standard InChI is InChI=1S/C14H17N3O2S/c1-10-8-15-9-16-14(10)19-12-4-5-13(17-11(12)2)20-7-6-18-3/h4-5,8-9H,6-7H2,1-3H3. The number of pyridine rings is 1. The molecule has 2 rings (SSSR count). The van der Waals surface area contributed by atoms with E-state index in [1.807, 2.05) is 26.0 Å². The summed E-state index contributed by atoms with van der Waals surface area (Å²) in [5, 5.41) is 0.964. The molecule has 106 valence electrons. The highest BCUT2D eigenvalue weighted by Gasteiger charge is 2.07. The van der Waals surface area contributed by atoms with Crippen molar-refractivity contribution in [1.29, 1.82) is 0 Å². The second-order valence-corrected chi connectivity index (χ2v) is 5.30. The first-order valence-corrected chi connectivity index (χ1v) is 7.23. The zero-order chi connectivity index (χ0) is 14.4. The summed E-state index contributed by atoms with van der Waals surface area (Å²) >= 11 is 1.66. The van der Waals surface area contributed by atoms with Crippen molar-refractivity contribution >= 4 is 11.8 Å². The van der Waals surface area contributed by atoms with Gasteiger partial charge in [0.25, 0.3) is 0 Å². The Balaban J connectivity index is 2.08. The molecule has 2 aromatic heterocycles. The topological polar surface area (TPSA) is 57.1 Å². The van der Waals surface area contributed by atoms with Crippen LogP contribution in [0.25, 0.3) is 0 Å². The van der Waals surface area contributed by atoms with Gasteiger partial charge in [0.05, 0.1) is 17.3 Å². The van der Waals surface area contributed by atoms with Gasteiger partial charge in [-0.2, -0.15) is 0 Å². The molecule has 0 unspecified atom stereocenters. The molecule has 2 heterocycles. The van der Waals surface area contributed by atoms with Crippen LogP contribution < -0.4 is 4.74 Å².